The molecule has 2 rings (SSSR count). The molecule has 0 radical (unpaired) electrons. The van der Waals surface area contributed by atoms with Crippen molar-refractivity contribution in [3.63, 3.8) is 0 Å². The van der Waals surface area contributed by atoms with Gasteiger partial charge in [0, 0.05) is 11.9 Å². The van der Waals surface area contributed by atoms with Gasteiger partial charge >= 0.3 is 0 Å². The molecule has 1 heterocycles. The maximum atomic E-state index is 5.67. The Morgan fingerprint density at radius 2 is 2.00 bits per heavy atom. The Labute approximate surface area is 117 Å². The lowest BCUT2D eigenvalue weighted by atomic mass is 10.1. The Morgan fingerprint density at radius 3 is 2.68 bits per heavy atom. The van der Waals surface area contributed by atoms with Gasteiger partial charge in [0.15, 0.2) is 0 Å². The molecule has 0 amide bonds. The largest absolute Gasteiger partial charge is 0.493 e. The molecule has 2 aromatic rings. The third-order valence-electron chi connectivity index (χ3n) is 2.51. The fourth-order valence-electron chi connectivity index (χ4n) is 1.59. The summed E-state index contributed by atoms with van der Waals surface area (Å²) in [5.74, 6) is 1.76. The second-order valence-electron chi connectivity index (χ2n) is 3.93. The molecule has 19 heavy (non-hydrogen) atoms. The molecule has 0 saturated heterocycles. The highest BCUT2D eigenvalue weighted by Crippen LogP contribution is 2.15. The first-order chi connectivity index (χ1) is 9.38. The number of thioether (sulfide) groups is 1. The molecule has 0 bridgehead atoms. The van der Waals surface area contributed by atoms with E-state index >= 15 is 0 Å². The van der Waals surface area contributed by atoms with E-state index in [1.165, 1.54) is 5.56 Å². The second-order valence-corrected chi connectivity index (χ2v) is 5.04. The van der Waals surface area contributed by atoms with Crippen molar-refractivity contribution in [2.45, 2.75) is 11.4 Å². The molecule has 1 aromatic carbocycles. The molecule has 0 fully saturated rings. The van der Waals surface area contributed by atoms with Crippen molar-refractivity contribution >= 4 is 11.8 Å². The quantitative estimate of drug-likeness (QED) is 0.476. The van der Waals surface area contributed by atoms with Gasteiger partial charge in [0.2, 0.25) is 0 Å². The van der Waals surface area contributed by atoms with Gasteiger partial charge in [-0.1, -0.05) is 12.1 Å². The highest BCUT2D eigenvalue weighted by Gasteiger charge is 1.97. The van der Waals surface area contributed by atoms with Crippen LogP contribution in [0.4, 0.5) is 0 Å². The van der Waals surface area contributed by atoms with Crippen LogP contribution in [0.3, 0.4) is 0 Å². The predicted molar refractivity (Wildman–Crippen MR) is 77.5 cm³/mol. The van der Waals surface area contributed by atoms with Gasteiger partial charge in [-0.3, -0.25) is 0 Å². The molecule has 0 spiro atoms. The summed E-state index contributed by atoms with van der Waals surface area (Å²) in [4.78, 5) is 8.02. The molecule has 100 valence electrons. The number of hydrogen-bond acceptors (Lipinski definition) is 5. The monoisotopic (exact) mass is 275 g/mol. The normalized spacial score (nSPS) is 10.4. The number of nitrogens with zero attached hydrogens (tertiary/aromatic N) is 2. The lowest BCUT2D eigenvalue weighted by Gasteiger charge is -2.06. The van der Waals surface area contributed by atoms with E-state index in [1.54, 1.807) is 24.3 Å². The van der Waals surface area contributed by atoms with Crippen LogP contribution in [0.15, 0.2) is 47.9 Å². The van der Waals surface area contributed by atoms with E-state index in [1.807, 2.05) is 18.2 Å². The number of benzene rings is 1. The van der Waals surface area contributed by atoms with Crippen LogP contribution in [-0.4, -0.2) is 28.9 Å². The van der Waals surface area contributed by atoms with Crippen molar-refractivity contribution in [2.24, 2.45) is 5.73 Å². The molecule has 0 unspecified atom stereocenters. The highest BCUT2D eigenvalue weighted by molar-refractivity contribution is 7.99. The lowest BCUT2D eigenvalue weighted by Crippen LogP contribution is -2.03. The van der Waals surface area contributed by atoms with Crippen LogP contribution >= 0.6 is 11.8 Å². The average molecular weight is 275 g/mol. The van der Waals surface area contributed by atoms with Crippen LogP contribution in [0.5, 0.6) is 5.75 Å². The van der Waals surface area contributed by atoms with E-state index in [0.717, 1.165) is 22.9 Å². The van der Waals surface area contributed by atoms with Gasteiger partial charge in [0.1, 0.15) is 12.1 Å². The maximum Gasteiger partial charge on any atom is 0.119 e. The minimum Gasteiger partial charge on any atom is -0.493 e. The minimum absolute atomic E-state index is 0.658. The third kappa shape index (κ3) is 4.89. The summed E-state index contributed by atoms with van der Waals surface area (Å²) in [6.07, 6.45) is 4.20. The summed E-state index contributed by atoms with van der Waals surface area (Å²) in [6, 6.07) is 9.98. The van der Waals surface area contributed by atoms with Gasteiger partial charge in [-0.15, -0.1) is 11.8 Å². The van der Waals surface area contributed by atoms with Gasteiger partial charge in [-0.25, -0.2) is 9.97 Å². The lowest BCUT2D eigenvalue weighted by molar-refractivity contribution is 0.344. The Kier molecular flexibility index (Phi) is 5.65. The summed E-state index contributed by atoms with van der Waals surface area (Å²) in [5.41, 5.74) is 6.75. The van der Waals surface area contributed by atoms with Crippen LogP contribution in [0.1, 0.15) is 5.56 Å². The van der Waals surface area contributed by atoms with Gasteiger partial charge in [0.25, 0.3) is 0 Å². The summed E-state index contributed by atoms with van der Waals surface area (Å²) in [7, 11) is 0. The SMILES string of the molecule is NCCc1ccc(OCCSc2ccncn2)cc1. The molecule has 5 heteroatoms. The van der Waals surface area contributed by atoms with Crippen molar-refractivity contribution in [1.29, 1.82) is 0 Å². The fraction of sp³-hybridized carbons (Fsp3) is 0.286. The number of hydrogen-bond donors (Lipinski definition) is 1. The molecular formula is C14H17N3OS. The zero-order valence-corrected chi connectivity index (χ0v) is 11.5. The number of rotatable bonds is 7. The highest BCUT2D eigenvalue weighted by atomic mass is 32.2. The molecule has 0 aliphatic heterocycles. The Morgan fingerprint density at radius 1 is 1.16 bits per heavy atom. The maximum absolute atomic E-state index is 5.67. The smallest absolute Gasteiger partial charge is 0.119 e. The summed E-state index contributed by atoms with van der Waals surface area (Å²) < 4.78 is 5.67. The molecule has 0 aliphatic carbocycles. The molecular weight excluding hydrogens is 258 g/mol. The Hall–Kier alpha value is -1.59. The van der Waals surface area contributed by atoms with Crippen LogP contribution in [0, 0.1) is 0 Å². The number of ether oxygens (including phenoxy) is 1. The van der Waals surface area contributed by atoms with Crippen molar-refractivity contribution in [1.82, 2.24) is 9.97 Å². The molecule has 0 atom stereocenters. The van der Waals surface area contributed by atoms with Gasteiger partial charge in [-0.05, 0) is 36.7 Å². The zero-order chi connectivity index (χ0) is 13.3. The molecule has 0 saturated carbocycles. The summed E-state index contributed by atoms with van der Waals surface area (Å²) in [6.45, 7) is 1.33. The van der Waals surface area contributed by atoms with Gasteiger partial charge in [-0.2, -0.15) is 0 Å². The zero-order valence-electron chi connectivity index (χ0n) is 10.7. The van der Waals surface area contributed by atoms with Crippen LogP contribution in [0.2, 0.25) is 0 Å². The van der Waals surface area contributed by atoms with Gasteiger partial charge < -0.3 is 10.5 Å². The van der Waals surface area contributed by atoms with Crippen molar-refractivity contribution in [2.75, 3.05) is 18.9 Å². The van der Waals surface area contributed by atoms with Crippen molar-refractivity contribution < 1.29 is 4.74 Å². The average Bonchev–Trinajstić information content (AvgIpc) is 2.47. The molecule has 1 aromatic heterocycles. The minimum atomic E-state index is 0.658. The first-order valence-electron chi connectivity index (χ1n) is 6.19. The van der Waals surface area contributed by atoms with E-state index in [9.17, 15) is 0 Å². The fourth-order valence-corrected chi connectivity index (χ4v) is 2.24. The van der Waals surface area contributed by atoms with E-state index in [2.05, 4.69) is 22.1 Å². The third-order valence-corrected chi connectivity index (χ3v) is 3.42. The molecule has 0 aliphatic rings. The van der Waals surface area contributed by atoms with Gasteiger partial charge in [0.05, 0.1) is 11.6 Å². The van der Waals surface area contributed by atoms with E-state index in [4.69, 9.17) is 10.5 Å². The van der Waals surface area contributed by atoms with E-state index < -0.39 is 0 Å². The number of aromatic nitrogens is 2. The number of nitrogens with two attached hydrogens (primary N) is 1. The van der Waals surface area contributed by atoms with Crippen LogP contribution < -0.4 is 10.5 Å². The summed E-state index contributed by atoms with van der Waals surface area (Å²) >= 11 is 1.66. The van der Waals surface area contributed by atoms with E-state index in [-0.39, 0.29) is 0 Å². The predicted octanol–water partition coefficient (Wildman–Crippen LogP) is 2.15. The topological polar surface area (TPSA) is 61.0 Å². The molecule has 4 nitrogen and oxygen atoms in total. The Bertz CT molecular complexity index is 476. The van der Waals surface area contributed by atoms with Crippen molar-refractivity contribution in [3.8, 4) is 5.75 Å². The van der Waals surface area contributed by atoms with Crippen LogP contribution in [0.25, 0.3) is 0 Å². The first-order valence-corrected chi connectivity index (χ1v) is 7.17. The Balaban J connectivity index is 1.70. The first kappa shape index (κ1) is 13.8. The van der Waals surface area contributed by atoms with Crippen LogP contribution in [-0.2, 0) is 6.42 Å². The standard InChI is InChI=1S/C14H17N3OS/c15-7-5-12-1-3-13(4-2-12)18-9-10-19-14-6-8-16-11-17-14/h1-4,6,8,11H,5,7,9-10,15H2. The summed E-state index contributed by atoms with van der Waals surface area (Å²) in [5, 5.41) is 0.969. The molecule has 2 N–H and O–H groups in total. The second kappa shape index (κ2) is 7.76. The van der Waals surface area contributed by atoms with Crippen molar-refractivity contribution in [3.05, 3.63) is 48.4 Å². The van der Waals surface area contributed by atoms with E-state index in [0.29, 0.717) is 13.2 Å².